The standard InChI is InChI=1S/C17H20FN3O3/c18-12-4-5-14-13(10-12)19-16(24-14)21-9-3-6-17(23,11-21)15(22)20-7-1-2-8-20/h4-5,10,23H,1-3,6-9,11H2/t17-/m0/s1. The molecule has 0 radical (unpaired) electrons. The summed E-state index contributed by atoms with van der Waals surface area (Å²) in [6.07, 6.45) is 3.08. The van der Waals surface area contributed by atoms with E-state index in [9.17, 15) is 14.3 Å². The van der Waals surface area contributed by atoms with Crippen LogP contribution in [-0.4, -0.2) is 52.7 Å². The third-order valence-electron chi connectivity index (χ3n) is 4.87. The number of aromatic nitrogens is 1. The summed E-state index contributed by atoms with van der Waals surface area (Å²) in [5.74, 6) is -0.575. The van der Waals surface area contributed by atoms with Crippen molar-refractivity contribution in [2.24, 2.45) is 0 Å². The summed E-state index contributed by atoms with van der Waals surface area (Å²) >= 11 is 0. The van der Waals surface area contributed by atoms with Crippen LogP contribution in [0.15, 0.2) is 22.6 Å². The number of hydrogen-bond acceptors (Lipinski definition) is 5. The summed E-state index contributed by atoms with van der Waals surface area (Å²) in [7, 11) is 0. The number of halogens is 1. The minimum Gasteiger partial charge on any atom is -0.423 e. The normalized spacial score (nSPS) is 24.8. The first-order chi connectivity index (χ1) is 11.5. The molecule has 7 heteroatoms. The van der Waals surface area contributed by atoms with E-state index in [2.05, 4.69) is 4.98 Å². The predicted octanol–water partition coefficient (Wildman–Crippen LogP) is 1.92. The lowest BCUT2D eigenvalue weighted by Gasteiger charge is -2.39. The molecular weight excluding hydrogens is 313 g/mol. The Morgan fingerprint density at radius 2 is 2.04 bits per heavy atom. The SMILES string of the molecule is O=C(N1CCCC1)[C@]1(O)CCCN(c2nc3cc(F)ccc3o2)C1. The predicted molar refractivity (Wildman–Crippen MR) is 86.2 cm³/mol. The zero-order valence-electron chi connectivity index (χ0n) is 13.4. The van der Waals surface area contributed by atoms with Crippen LogP contribution >= 0.6 is 0 Å². The molecule has 0 saturated carbocycles. The number of likely N-dealkylation sites (tertiary alicyclic amines) is 1. The topological polar surface area (TPSA) is 69.8 Å². The summed E-state index contributed by atoms with van der Waals surface area (Å²) in [5, 5.41) is 10.9. The van der Waals surface area contributed by atoms with Crippen molar-refractivity contribution in [2.75, 3.05) is 31.1 Å². The van der Waals surface area contributed by atoms with Crippen LogP contribution in [0.4, 0.5) is 10.4 Å². The van der Waals surface area contributed by atoms with E-state index in [0.717, 1.165) is 12.8 Å². The summed E-state index contributed by atoms with van der Waals surface area (Å²) in [6, 6.07) is 4.49. The first-order valence-corrected chi connectivity index (χ1v) is 8.38. The Balaban J connectivity index is 1.57. The van der Waals surface area contributed by atoms with Gasteiger partial charge >= 0.3 is 0 Å². The van der Waals surface area contributed by atoms with Crippen LogP contribution in [-0.2, 0) is 4.79 Å². The van der Waals surface area contributed by atoms with Gasteiger partial charge in [0.15, 0.2) is 11.2 Å². The van der Waals surface area contributed by atoms with E-state index in [1.54, 1.807) is 9.80 Å². The maximum Gasteiger partial charge on any atom is 0.298 e. The Morgan fingerprint density at radius 1 is 1.25 bits per heavy atom. The van der Waals surface area contributed by atoms with E-state index in [0.29, 0.717) is 49.6 Å². The maximum atomic E-state index is 13.3. The number of β-amino-alcohol motifs (C(OH)–C–C–N with tert-alkyl or cyclic N) is 1. The number of oxazole rings is 1. The monoisotopic (exact) mass is 333 g/mol. The van der Waals surface area contributed by atoms with Gasteiger partial charge in [-0.1, -0.05) is 0 Å². The summed E-state index contributed by atoms with van der Waals surface area (Å²) in [5.41, 5.74) is -0.481. The second kappa shape index (κ2) is 5.73. The van der Waals surface area contributed by atoms with Crippen molar-refractivity contribution in [3.8, 4) is 0 Å². The average Bonchev–Trinajstić information content (AvgIpc) is 3.23. The van der Waals surface area contributed by atoms with Crippen molar-refractivity contribution in [3.05, 3.63) is 24.0 Å². The van der Waals surface area contributed by atoms with Crippen LogP contribution in [0.1, 0.15) is 25.7 Å². The van der Waals surface area contributed by atoms with Crippen molar-refractivity contribution in [3.63, 3.8) is 0 Å². The highest BCUT2D eigenvalue weighted by Crippen LogP contribution is 2.30. The quantitative estimate of drug-likeness (QED) is 0.909. The van der Waals surface area contributed by atoms with Crippen molar-refractivity contribution >= 4 is 23.0 Å². The zero-order chi connectivity index (χ0) is 16.7. The highest BCUT2D eigenvalue weighted by molar-refractivity contribution is 5.86. The fraction of sp³-hybridized carbons (Fsp3) is 0.529. The second-order valence-corrected chi connectivity index (χ2v) is 6.66. The first kappa shape index (κ1) is 15.4. The lowest BCUT2D eigenvalue weighted by molar-refractivity contribution is -0.151. The first-order valence-electron chi connectivity index (χ1n) is 8.38. The van der Waals surface area contributed by atoms with Crippen molar-refractivity contribution in [2.45, 2.75) is 31.3 Å². The number of amides is 1. The van der Waals surface area contributed by atoms with Crippen molar-refractivity contribution in [1.82, 2.24) is 9.88 Å². The molecule has 0 bridgehead atoms. The Hall–Kier alpha value is -2.15. The molecule has 0 unspecified atom stereocenters. The fourth-order valence-corrected chi connectivity index (χ4v) is 3.61. The van der Waals surface area contributed by atoms with Crippen LogP contribution in [0.2, 0.25) is 0 Å². The third-order valence-corrected chi connectivity index (χ3v) is 4.87. The molecule has 4 rings (SSSR count). The summed E-state index contributed by atoms with van der Waals surface area (Å²) < 4.78 is 19.0. The molecule has 2 saturated heterocycles. The van der Waals surface area contributed by atoms with Crippen LogP contribution in [0, 0.1) is 5.82 Å². The molecule has 0 spiro atoms. The van der Waals surface area contributed by atoms with E-state index >= 15 is 0 Å². The highest BCUT2D eigenvalue weighted by atomic mass is 19.1. The van der Waals surface area contributed by atoms with E-state index < -0.39 is 5.60 Å². The average molecular weight is 333 g/mol. The fourth-order valence-electron chi connectivity index (χ4n) is 3.61. The van der Waals surface area contributed by atoms with Gasteiger partial charge in [-0.2, -0.15) is 4.98 Å². The van der Waals surface area contributed by atoms with Crippen molar-refractivity contribution in [1.29, 1.82) is 0 Å². The van der Waals surface area contributed by atoms with Gasteiger partial charge in [0.25, 0.3) is 11.9 Å². The maximum absolute atomic E-state index is 13.3. The molecule has 1 amide bonds. The molecule has 128 valence electrons. The van der Waals surface area contributed by atoms with Gasteiger partial charge in [0.2, 0.25) is 0 Å². The summed E-state index contributed by atoms with van der Waals surface area (Å²) in [4.78, 5) is 20.5. The molecule has 2 aromatic rings. The van der Waals surface area contributed by atoms with Crippen LogP contribution in [0.3, 0.4) is 0 Å². The van der Waals surface area contributed by atoms with E-state index in [4.69, 9.17) is 4.42 Å². The van der Waals surface area contributed by atoms with Gasteiger partial charge in [-0.25, -0.2) is 4.39 Å². The molecule has 2 aliphatic rings. The molecule has 6 nitrogen and oxygen atoms in total. The molecule has 3 heterocycles. The molecule has 2 fully saturated rings. The third kappa shape index (κ3) is 2.62. The number of hydrogen-bond donors (Lipinski definition) is 1. The van der Waals surface area contributed by atoms with Gasteiger partial charge in [-0.15, -0.1) is 0 Å². The second-order valence-electron chi connectivity index (χ2n) is 6.66. The van der Waals surface area contributed by atoms with Crippen LogP contribution < -0.4 is 4.90 Å². The number of carbonyl (C=O) groups is 1. The lowest BCUT2D eigenvalue weighted by Crippen LogP contribution is -2.57. The van der Waals surface area contributed by atoms with Crippen LogP contribution in [0.5, 0.6) is 0 Å². The summed E-state index contributed by atoms with van der Waals surface area (Å²) in [6.45, 7) is 2.22. The number of piperidine rings is 1. The van der Waals surface area contributed by atoms with Gasteiger partial charge in [0, 0.05) is 25.7 Å². The number of anilines is 1. The molecule has 0 aliphatic carbocycles. The number of nitrogens with zero attached hydrogens (tertiary/aromatic N) is 3. The minimum absolute atomic E-state index is 0.150. The minimum atomic E-state index is -1.41. The van der Waals surface area contributed by atoms with Gasteiger partial charge in [0.1, 0.15) is 11.3 Å². The lowest BCUT2D eigenvalue weighted by atomic mass is 9.91. The van der Waals surface area contributed by atoms with E-state index in [1.165, 1.54) is 18.2 Å². The van der Waals surface area contributed by atoms with Crippen molar-refractivity contribution < 1.29 is 18.7 Å². The van der Waals surface area contributed by atoms with Gasteiger partial charge < -0.3 is 19.3 Å². The Bertz CT molecular complexity index is 772. The number of aliphatic hydroxyl groups is 1. The molecule has 1 aromatic heterocycles. The molecule has 1 aromatic carbocycles. The molecule has 1 atom stereocenters. The molecular formula is C17H20FN3O3. The molecule has 1 N–H and O–H groups in total. The Morgan fingerprint density at radius 3 is 2.83 bits per heavy atom. The number of fused-ring (bicyclic) bond motifs is 1. The van der Waals surface area contributed by atoms with E-state index in [1.807, 2.05) is 0 Å². The van der Waals surface area contributed by atoms with Gasteiger partial charge in [0.05, 0.1) is 6.54 Å². The molecule has 2 aliphatic heterocycles. The molecule has 24 heavy (non-hydrogen) atoms. The number of carbonyl (C=O) groups excluding carboxylic acids is 1. The van der Waals surface area contributed by atoms with Crippen LogP contribution in [0.25, 0.3) is 11.1 Å². The Kier molecular flexibility index (Phi) is 3.68. The van der Waals surface area contributed by atoms with E-state index in [-0.39, 0.29) is 18.3 Å². The highest BCUT2D eigenvalue weighted by Gasteiger charge is 2.44. The largest absolute Gasteiger partial charge is 0.423 e. The van der Waals surface area contributed by atoms with Gasteiger partial charge in [-0.3, -0.25) is 4.79 Å². The number of rotatable bonds is 2. The Labute approximate surface area is 138 Å². The zero-order valence-corrected chi connectivity index (χ0v) is 13.4. The number of benzene rings is 1. The smallest absolute Gasteiger partial charge is 0.298 e. The van der Waals surface area contributed by atoms with Gasteiger partial charge in [-0.05, 0) is 37.8 Å².